The molecule has 4 nitrogen and oxygen atoms in total. The molecule has 0 aliphatic carbocycles. The second kappa shape index (κ2) is 11.3. The van der Waals surface area contributed by atoms with E-state index in [-0.39, 0.29) is 49.2 Å². The third kappa shape index (κ3) is 9.06. The monoisotopic (exact) mass is 246 g/mol. The number of alkyl halides is 2. The molecule has 0 spiro atoms. The fourth-order valence-corrected chi connectivity index (χ4v) is 0.753. The Morgan fingerprint density at radius 3 is 2.12 bits per heavy atom. The first-order valence-electron chi connectivity index (χ1n) is 4.39. The predicted octanol–water partition coefficient (Wildman–Crippen LogP) is -2.14. The summed E-state index contributed by atoms with van der Waals surface area (Å²) in [5, 5.41) is 0. The Morgan fingerprint density at radius 2 is 1.62 bits per heavy atom. The van der Waals surface area contributed by atoms with Crippen LogP contribution in [0.2, 0.25) is 0 Å². The quantitative estimate of drug-likeness (QED) is 0.292. The maximum absolute atomic E-state index is 11.6. The molecule has 7 heteroatoms. The Balaban J connectivity index is 0. The van der Waals surface area contributed by atoms with Crippen LogP contribution in [0.3, 0.4) is 0 Å². The third-order valence-electron chi connectivity index (χ3n) is 1.41. The van der Waals surface area contributed by atoms with Gasteiger partial charge in [-0.1, -0.05) is 5.92 Å². The zero-order chi connectivity index (χ0) is 11.7. The maximum atomic E-state index is 11.6. The molecule has 0 rings (SSSR count). The second-order valence-corrected chi connectivity index (χ2v) is 2.67. The molecule has 0 aromatic rings. The van der Waals surface area contributed by atoms with Crippen molar-refractivity contribution in [1.82, 2.24) is 0 Å². The Morgan fingerprint density at radius 1 is 1.12 bits per heavy atom. The van der Waals surface area contributed by atoms with Crippen LogP contribution in [0.4, 0.5) is 8.78 Å². The first-order valence-corrected chi connectivity index (χ1v) is 4.39. The van der Waals surface area contributed by atoms with Crippen LogP contribution in [-0.4, -0.2) is 38.5 Å². The molecule has 16 heavy (non-hydrogen) atoms. The van der Waals surface area contributed by atoms with Crippen molar-refractivity contribution in [1.29, 1.82) is 0 Å². The van der Waals surface area contributed by atoms with E-state index in [4.69, 9.17) is 0 Å². The van der Waals surface area contributed by atoms with Gasteiger partial charge in [0.15, 0.2) is 0 Å². The molecule has 0 saturated heterocycles. The zero-order valence-corrected chi connectivity index (χ0v) is 11.2. The molecule has 0 N–H and O–H groups in total. The number of ether oxygens (including phenoxy) is 2. The van der Waals surface area contributed by atoms with Crippen LogP contribution in [-0.2, 0) is 19.1 Å². The van der Waals surface area contributed by atoms with E-state index >= 15 is 0 Å². The van der Waals surface area contributed by atoms with Crippen molar-refractivity contribution in [3.8, 4) is 0 Å². The molecule has 0 aliphatic heterocycles. The number of hydrogen-bond donors (Lipinski definition) is 0. The second-order valence-electron chi connectivity index (χ2n) is 2.67. The largest absolute Gasteiger partial charge is 1.00 e. The Labute approximate surface area is 115 Å². The van der Waals surface area contributed by atoms with Crippen molar-refractivity contribution in [2.24, 2.45) is 5.92 Å². The van der Waals surface area contributed by atoms with Gasteiger partial charge in [-0.3, -0.25) is 9.59 Å². The minimum Gasteiger partial charge on any atom is -0.465 e. The van der Waals surface area contributed by atoms with E-state index in [1.165, 1.54) is 0 Å². The molecule has 88 valence electrons. The summed E-state index contributed by atoms with van der Waals surface area (Å²) in [4.78, 5) is 21.9. The van der Waals surface area contributed by atoms with Gasteiger partial charge in [-0.15, -0.1) is 0 Å². The molecule has 0 aliphatic rings. The average Bonchev–Trinajstić information content (AvgIpc) is 2.22. The SMILES string of the molecule is [CH2-]C(CC(=O)OCCF)C(=O)OCCF.[Na+]. The van der Waals surface area contributed by atoms with Crippen LogP contribution in [0.5, 0.6) is 0 Å². The molecular weight excluding hydrogens is 233 g/mol. The van der Waals surface area contributed by atoms with Crippen molar-refractivity contribution in [2.75, 3.05) is 26.6 Å². The third-order valence-corrected chi connectivity index (χ3v) is 1.41. The summed E-state index contributed by atoms with van der Waals surface area (Å²) in [6.45, 7) is 1.08. The summed E-state index contributed by atoms with van der Waals surface area (Å²) in [7, 11) is 0. The van der Waals surface area contributed by atoms with Crippen molar-refractivity contribution >= 4 is 11.9 Å². The van der Waals surface area contributed by atoms with Gasteiger partial charge in [0.05, 0.1) is 0 Å². The number of esters is 2. The predicted molar refractivity (Wildman–Crippen MR) is 47.3 cm³/mol. The first kappa shape index (κ1) is 18.2. The molecular formula is C9H13F2NaO4. The molecule has 0 heterocycles. The van der Waals surface area contributed by atoms with E-state index in [2.05, 4.69) is 16.4 Å². The van der Waals surface area contributed by atoms with E-state index in [1.54, 1.807) is 0 Å². The standard InChI is InChI=1S/C9H13F2O4.Na/c1-7(9(13)15-5-3-11)6-8(12)14-4-2-10;/h7H,1-6H2;/q-1;+1. The van der Waals surface area contributed by atoms with Crippen molar-refractivity contribution in [2.45, 2.75) is 6.42 Å². The zero-order valence-electron chi connectivity index (χ0n) is 9.21. The molecule has 0 aromatic carbocycles. The van der Waals surface area contributed by atoms with Crippen molar-refractivity contribution < 1.29 is 57.4 Å². The van der Waals surface area contributed by atoms with E-state index < -0.39 is 31.2 Å². The first-order chi connectivity index (χ1) is 7.11. The Bertz CT molecular complexity index is 214. The number of hydrogen-bond acceptors (Lipinski definition) is 4. The van der Waals surface area contributed by atoms with Crippen LogP contribution < -0.4 is 29.6 Å². The minimum atomic E-state index is -0.955. The van der Waals surface area contributed by atoms with Gasteiger partial charge in [-0.25, -0.2) is 8.78 Å². The van der Waals surface area contributed by atoms with Crippen molar-refractivity contribution in [3.05, 3.63) is 6.92 Å². The van der Waals surface area contributed by atoms with Gasteiger partial charge in [0, 0.05) is 6.42 Å². The molecule has 0 amide bonds. The van der Waals surface area contributed by atoms with Crippen molar-refractivity contribution in [3.63, 3.8) is 0 Å². The van der Waals surface area contributed by atoms with E-state index in [0.29, 0.717) is 0 Å². The van der Waals surface area contributed by atoms with Crippen LogP contribution in [0.15, 0.2) is 0 Å². The summed E-state index contributed by atoms with van der Waals surface area (Å²) in [5.74, 6) is -2.46. The van der Waals surface area contributed by atoms with Crippen LogP contribution in [0.25, 0.3) is 0 Å². The molecule has 1 atom stereocenters. The van der Waals surface area contributed by atoms with Gasteiger partial charge in [0.2, 0.25) is 0 Å². The summed E-state index contributed by atoms with van der Waals surface area (Å²) in [6.07, 6.45) is -0.300. The molecule has 0 saturated carbocycles. The molecule has 0 bridgehead atoms. The molecule has 0 radical (unpaired) electrons. The van der Waals surface area contributed by atoms with Crippen LogP contribution >= 0.6 is 0 Å². The van der Waals surface area contributed by atoms with Gasteiger partial charge in [0.25, 0.3) is 5.97 Å². The van der Waals surface area contributed by atoms with Crippen LogP contribution in [0, 0.1) is 12.8 Å². The number of rotatable bonds is 7. The summed E-state index contributed by atoms with van der Waals surface area (Å²) < 4.78 is 32.0. The molecule has 0 fully saturated rings. The fraction of sp³-hybridized carbons (Fsp3) is 0.667. The smallest absolute Gasteiger partial charge is 0.465 e. The number of halogens is 2. The van der Waals surface area contributed by atoms with Gasteiger partial charge >= 0.3 is 35.5 Å². The Hall–Kier alpha value is -0.200. The maximum Gasteiger partial charge on any atom is 1.00 e. The summed E-state index contributed by atoms with van der Waals surface area (Å²) >= 11 is 0. The van der Waals surface area contributed by atoms with Gasteiger partial charge < -0.3 is 16.4 Å². The van der Waals surface area contributed by atoms with Gasteiger partial charge in [-0.05, 0) is 0 Å². The normalized spacial score (nSPS) is 11.2. The van der Waals surface area contributed by atoms with E-state index in [9.17, 15) is 18.4 Å². The fourth-order valence-electron chi connectivity index (χ4n) is 0.753. The number of carbonyl (C=O) groups is 2. The summed E-state index contributed by atoms with van der Waals surface area (Å²) in [6, 6.07) is 0. The van der Waals surface area contributed by atoms with E-state index in [0.717, 1.165) is 0 Å². The Kier molecular flexibility index (Phi) is 12.8. The van der Waals surface area contributed by atoms with E-state index in [1.807, 2.05) is 0 Å². The molecule has 0 aromatic heterocycles. The number of carbonyl (C=O) groups excluding carboxylic acids is 2. The molecule has 1 unspecified atom stereocenters. The summed E-state index contributed by atoms with van der Waals surface area (Å²) in [5.41, 5.74) is 0. The minimum absolute atomic E-state index is 0. The topological polar surface area (TPSA) is 52.6 Å². The van der Waals surface area contributed by atoms with Gasteiger partial charge in [-0.2, -0.15) is 0 Å². The van der Waals surface area contributed by atoms with Crippen LogP contribution in [0.1, 0.15) is 6.42 Å². The average molecular weight is 246 g/mol. The van der Waals surface area contributed by atoms with Gasteiger partial charge in [0.1, 0.15) is 26.6 Å².